The van der Waals surface area contributed by atoms with Crippen LogP contribution in [-0.4, -0.2) is 36.3 Å². The van der Waals surface area contributed by atoms with Crippen LogP contribution in [0.2, 0.25) is 0 Å². The van der Waals surface area contributed by atoms with E-state index in [2.05, 4.69) is 20.2 Å². The van der Waals surface area contributed by atoms with E-state index >= 15 is 0 Å². The van der Waals surface area contributed by atoms with Crippen LogP contribution in [0.1, 0.15) is 0 Å². The van der Waals surface area contributed by atoms with E-state index in [9.17, 15) is 4.39 Å². The molecule has 0 saturated carbocycles. The van der Waals surface area contributed by atoms with Gasteiger partial charge in [0.15, 0.2) is 0 Å². The van der Waals surface area contributed by atoms with Crippen LogP contribution in [0.3, 0.4) is 0 Å². The average molecular weight is 324 g/mol. The number of benzene rings is 2. The minimum Gasteiger partial charge on any atom is -0.378 e. The van der Waals surface area contributed by atoms with E-state index in [1.165, 1.54) is 6.07 Å². The minimum absolute atomic E-state index is 0.331. The highest BCUT2D eigenvalue weighted by molar-refractivity contribution is 5.90. The van der Waals surface area contributed by atoms with Crippen molar-refractivity contribution in [2.45, 2.75) is 0 Å². The normalized spacial score (nSPS) is 14.8. The molecule has 1 aliphatic heterocycles. The lowest BCUT2D eigenvalue weighted by atomic mass is 10.2. The van der Waals surface area contributed by atoms with Gasteiger partial charge in [0, 0.05) is 18.5 Å². The monoisotopic (exact) mass is 324 g/mol. The second kappa shape index (κ2) is 6.41. The van der Waals surface area contributed by atoms with Crippen molar-refractivity contribution in [2.75, 3.05) is 36.5 Å². The standard InChI is InChI=1S/C18H17FN4O/c19-14-6-2-4-8-16(14)21-18-20-15-7-3-1-5-13(15)17(22-18)23-9-11-24-12-10-23/h1-8H,9-12H2,(H,20,21,22). The molecular formula is C18H17FN4O. The highest BCUT2D eigenvalue weighted by Crippen LogP contribution is 2.27. The lowest BCUT2D eigenvalue weighted by Crippen LogP contribution is -2.37. The predicted molar refractivity (Wildman–Crippen MR) is 92.3 cm³/mol. The first-order valence-corrected chi connectivity index (χ1v) is 7.92. The Morgan fingerprint density at radius 2 is 1.71 bits per heavy atom. The van der Waals surface area contributed by atoms with Gasteiger partial charge >= 0.3 is 0 Å². The van der Waals surface area contributed by atoms with E-state index in [0.717, 1.165) is 29.8 Å². The molecule has 122 valence electrons. The van der Waals surface area contributed by atoms with Crippen LogP contribution >= 0.6 is 0 Å². The first kappa shape index (κ1) is 14.8. The molecule has 0 bridgehead atoms. The van der Waals surface area contributed by atoms with Gasteiger partial charge in [-0.2, -0.15) is 4.98 Å². The molecule has 2 heterocycles. The van der Waals surface area contributed by atoms with Crippen LogP contribution in [0.5, 0.6) is 0 Å². The molecule has 1 aromatic heterocycles. The Kier molecular flexibility index (Phi) is 3.96. The Hall–Kier alpha value is -2.73. The van der Waals surface area contributed by atoms with Crippen molar-refractivity contribution in [3.05, 3.63) is 54.3 Å². The number of hydrogen-bond acceptors (Lipinski definition) is 5. The van der Waals surface area contributed by atoms with Crippen LogP contribution in [0.25, 0.3) is 10.9 Å². The topological polar surface area (TPSA) is 50.3 Å². The van der Waals surface area contributed by atoms with Gasteiger partial charge in [0.25, 0.3) is 0 Å². The average Bonchev–Trinajstić information content (AvgIpc) is 2.64. The number of anilines is 3. The Morgan fingerprint density at radius 1 is 0.958 bits per heavy atom. The fourth-order valence-corrected chi connectivity index (χ4v) is 2.81. The zero-order valence-corrected chi connectivity index (χ0v) is 13.1. The number of nitrogens with one attached hydrogen (secondary N) is 1. The number of ether oxygens (including phenoxy) is 1. The van der Waals surface area contributed by atoms with E-state index in [-0.39, 0.29) is 5.82 Å². The lowest BCUT2D eigenvalue weighted by molar-refractivity contribution is 0.122. The Labute approximate surface area is 139 Å². The summed E-state index contributed by atoms with van der Waals surface area (Å²) in [6.07, 6.45) is 0. The van der Waals surface area contributed by atoms with Gasteiger partial charge in [0.1, 0.15) is 11.6 Å². The summed E-state index contributed by atoms with van der Waals surface area (Å²) >= 11 is 0. The third kappa shape index (κ3) is 2.88. The first-order chi connectivity index (χ1) is 11.8. The molecule has 0 radical (unpaired) electrons. The van der Waals surface area contributed by atoms with Crippen molar-refractivity contribution < 1.29 is 9.13 Å². The molecule has 1 N–H and O–H groups in total. The molecule has 0 atom stereocenters. The summed E-state index contributed by atoms with van der Waals surface area (Å²) in [5.41, 5.74) is 1.19. The van der Waals surface area contributed by atoms with Gasteiger partial charge in [-0.25, -0.2) is 9.37 Å². The largest absolute Gasteiger partial charge is 0.378 e. The molecule has 3 aromatic rings. The summed E-state index contributed by atoms with van der Waals surface area (Å²) in [5.74, 6) is 0.908. The fraction of sp³-hybridized carbons (Fsp3) is 0.222. The lowest BCUT2D eigenvalue weighted by Gasteiger charge is -2.29. The number of halogens is 1. The number of aromatic nitrogens is 2. The Morgan fingerprint density at radius 3 is 2.54 bits per heavy atom. The van der Waals surface area contributed by atoms with Crippen LogP contribution in [0, 0.1) is 5.82 Å². The molecule has 2 aromatic carbocycles. The number of nitrogens with zero attached hydrogens (tertiary/aromatic N) is 3. The van der Waals surface area contributed by atoms with Crippen LogP contribution in [0.4, 0.5) is 21.8 Å². The number of para-hydroxylation sites is 2. The summed E-state index contributed by atoms with van der Waals surface area (Å²) in [7, 11) is 0. The summed E-state index contributed by atoms with van der Waals surface area (Å²) in [4.78, 5) is 11.3. The molecule has 0 unspecified atom stereocenters. The van der Waals surface area contributed by atoms with Crippen molar-refractivity contribution in [3.63, 3.8) is 0 Å². The zero-order chi connectivity index (χ0) is 16.4. The number of morpholine rings is 1. The van der Waals surface area contributed by atoms with Crippen LogP contribution in [0.15, 0.2) is 48.5 Å². The minimum atomic E-state index is -0.331. The number of fused-ring (bicyclic) bond motifs is 1. The van der Waals surface area contributed by atoms with Gasteiger partial charge in [-0.05, 0) is 24.3 Å². The van der Waals surface area contributed by atoms with E-state index in [0.29, 0.717) is 24.8 Å². The van der Waals surface area contributed by atoms with Crippen molar-refractivity contribution in [1.29, 1.82) is 0 Å². The molecule has 6 heteroatoms. The van der Waals surface area contributed by atoms with E-state index in [1.54, 1.807) is 18.2 Å². The van der Waals surface area contributed by atoms with Gasteiger partial charge in [0.05, 0.1) is 24.4 Å². The third-order valence-corrected chi connectivity index (χ3v) is 4.01. The van der Waals surface area contributed by atoms with Gasteiger partial charge in [-0.15, -0.1) is 0 Å². The maximum Gasteiger partial charge on any atom is 0.229 e. The molecular weight excluding hydrogens is 307 g/mol. The molecule has 4 rings (SSSR count). The molecule has 0 amide bonds. The van der Waals surface area contributed by atoms with Crippen molar-refractivity contribution in [3.8, 4) is 0 Å². The van der Waals surface area contributed by atoms with E-state index in [4.69, 9.17) is 4.74 Å². The van der Waals surface area contributed by atoms with Gasteiger partial charge in [0.2, 0.25) is 5.95 Å². The van der Waals surface area contributed by atoms with E-state index < -0.39 is 0 Å². The SMILES string of the molecule is Fc1ccccc1Nc1nc(N2CCOCC2)c2ccccc2n1. The Balaban J connectivity index is 1.77. The van der Waals surface area contributed by atoms with Crippen molar-refractivity contribution in [1.82, 2.24) is 9.97 Å². The predicted octanol–water partition coefficient (Wildman–Crippen LogP) is 3.35. The molecule has 1 fully saturated rings. The molecule has 0 spiro atoms. The quantitative estimate of drug-likeness (QED) is 0.801. The van der Waals surface area contributed by atoms with Crippen molar-refractivity contribution in [2.24, 2.45) is 0 Å². The summed E-state index contributed by atoms with van der Waals surface area (Å²) in [6, 6.07) is 14.4. The molecule has 24 heavy (non-hydrogen) atoms. The molecule has 1 aliphatic rings. The zero-order valence-electron chi connectivity index (χ0n) is 13.1. The summed E-state index contributed by atoms with van der Waals surface area (Å²) in [5, 5.41) is 3.97. The summed E-state index contributed by atoms with van der Waals surface area (Å²) < 4.78 is 19.3. The van der Waals surface area contributed by atoms with Gasteiger partial charge in [-0.1, -0.05) is 24.3 Å². The highest BCUT2D eigenvalue weighted by atomic mass is 19.1. The maximum absolute atomic E-state index is 13.9. The third-order valence-electron chi connectivity index (χ3n) is 4.01. The number of rotatable bonds is 3. The molecule has 5 nitrogen and oxygen atoms in total. The van der Waals surface area contributed by atoms with Crippen LogP contribution in [-0.2, 0) is 4.74 Å². The fourth-order valence-electron chi connectivity index (χ4n) is 2.81. The number of hydrogen-bond donors (Lipinski definition) is 1. The molecule has 0 aliphatic carbocycles. The van der Waals surface area contributed by atoms with Gasteiger partial charge < -0.3 is 15.0 Å². The highest BCUT2D eigenvalue weighted by Gasteiger charge is 2.17. The van der Waals surface area contributed by atoms with Crippen LogP contribution < -0.4 is 10.2 Å². The second-order valence-electron chi connectivity index (χ2n) is 5.59. The summed E-state index contributed by atoms with van der Waals surface area (Å²) in [6.45, 7) is 2.91. The smallest absolute Gasteiger partial charge is 0.229 e. The first-order valence-electron chi connectivity index (χ1n) is 7.92. The van der Waals surface area contributed by atoms with E-state index in [1.807, 2.05) is 24.3 Å². The molecule has 1 saturated heterocycles. The maximum atomic E-state index is 13.9. The van der Waals surface area contributed by atoms with Crippen molar-refractivity contribution >= 4 is 28.4 Å². The second-order valence-corrected chi connectivity index (χ2v) is 5.59. The van der Waals surface area contributed by atoms with Gasteiger partial charge in [-0.3, -0.25) is 0 Å². The Bertz CT molecular complexity index is 865.